The van der Waals surface area contributed by atoms with Crippen LogP contribution in [0.3, 0.4) is 0 Å². The van der Waals surface area contributed by atoms with Gasteiger partial charge in [-0.15, -0.1) is 0 Å². The van der Waals surface area contributed by atoms with Gasteiger partial charge in [0, 0.05) is 50.0 Å². The molecule has 0 saturated carbocycles. The van der Waals surface area contributed by atoms with Crippen LogP contribution < -0.4 is 5.69 Å². The molecule has 1 aliphatic rings. The SMILES string of the molecule is O=C(Cn1cccnc1=O)N1CCC[C@@H](c2cnccn2)C1. The lowest BCUT2D eigenvalue weighted by Gasteiger charge is -2.32. The molecule has 7 nitrogen and oxygen atoms in total. The highest BCUT2D eigenvalue weighted by Gasteiger charge is 2.25. The highest BCUT2D eigenvalue weighted by Crippen LogP contribution is 2.24. The highest BCUT2D eigenvalue weighted by atomic mass is 16.2. The van der Waals surface area contributed by atoms with Crippen molar-refractivity contribution < 1.29 is 4.79 Å². The van der Waals surface area contributed by atoms with Crippen LogP contribution in [0.4, 0.5) is 0 Å². The van der Waals surface area contributed by atoms with Crippen molar-refractivity contribution in [2.45, 2.75) is 25.3 Å². The summed E-state index contributed by atoms with van der Waals surface area (Å²) < 4.78 is 1.33. The number of piperidine rings is 1. The maximum atomic E-state index is 12.4. The van der Waals surface area contributed by atoms with Gasteiger partial charge in [-0.05, 0) is 18.9 Å². The molecule has 3 rings (SSSR count). The van der Waals surface area contributed by atoms with E-state index in [2.05, 4.69) is 15.0 Å². The summed E-state index contributed by atoms with van der Waals surface area (Å²) in [6, 6.07) is 1.65. The average Bonchev–Trinajstić information content (AvgIpc) is 2.58. The summed E-state index contributed by atoms with van der Waals surface area (Å²) in [5.74, 6) is 0.140. The third-order valence-electron chi connectivity index (χ3n) is 3.86. The fraction of sp³-hybridized carbons (Fsp3) is 0.400. The first-order chi connectivity index (χ1) is 10.7. The Hall–Kier alpha value is -2.57. The molecule has 114 valence electrons. The Bertz CT molecular complexity index is 700. The van der Waals surface area contributed by atoms with Crippen molar-refractivity contribution >= 4 is 5.91 Å². The van der Waals surface area contributed by atoms with Crippen molar-refractivity contribution in [1.29, 1.82) is 0 Å². The third kappa shape index (κ3) is 3.19. The van der Waals surface area contributed by atoms with Crippen LogP contribution in [0.25, 0.3) is 0 Å². The molecule has 2 aromatic heterocycles. The van der Waals surface area contributed by atoms with E-state index >= 15 is 0 Å². The highest BCUT2D eigenvalue weighted by molar-refractivity contribution is 5.76. The fourth-order valence-corrected chi connectivity index (χ4v) is 2.72. The van der Waals surface area contributed by atoms with E-state index in [1.165, 1.54) is 10.8 Å². The molecule has 0 radical (unpaired) electrons. The van der Waals surface area contributed by atoms with Crippen LogP contribution in [-0.2, 0) is 11.3 Å². The molecular formula is C15H17N5O2. The van der Waals surface area contributed by atoms with Crippen LogP contribution in [0.2, 0.25) is 0 Å². The summed E-state index contributed by atoms with van der Waals surface area (Å²) in [4.78, 5) is 37.9. The summed E-state index contributed by atoms with van der Waals surface area (Å²) in [5.41, 5.74) is 0.511. The van der Waals surface area contributed by atoms with Crippen LogP contribution in [0.15, 0.2) is 41.8 Å². The Kier molecular flexibility index (Phi) is 4.22. The van der Waals surface area contributed by atoms with Gasteiger partial charge < -0.3 is 4.90 Å². The third-order valence-corrected chi connectivity index (χ3v) is 3.86. The number of amides is 1. The monoisotopic (exact) mass is 299 g/mol. The molecule has 0 unspecified atom stereocenters. The second kappa shape index (κ2) is 6.46. The number of likely N-dealkylation sites (tertiary alicyclic amines) is 1. The van der Waals surface area contributed by atoms with Crippen molar-refractivity contribution in [3.05, 3.63) is 53.2 Å². The molecule has 0 spiro atoms. The molecule has 7 heteroatoms. The lowest BCUT2D eigenvalue weighted by molar-refractivity contribution is -0.133. The summed E-state index contributed by atoms with van der Waals surface area (Å²) in [6.07, 6.45) is 10.00. The molecule has 1 atom stereocenters. The van der Waals surface area contributed by atoms with Gasteiger partial charge in [-0.1, -0.05) is 0 Å². The van der Waals surface area contributed by atoms with Gasteiger partial charge in [0.2, 0.25) is 5.91 Å². The summed E-state index contributed by atoms with van der Waals surface area (Å²) in [5, 5.41) is 0. The Balaban J connectivity index is 1.68. The number of nitrogens with zero attached hydrogens (tertiary/aromatic N) is 5. The smallest absolute Gasteiger partial charge is 0.340 e. The van der Waals surface area contributed by atoms with Crippen molar-refractivity contribution in [3.63, 3.8) is 0 Å². The Morgan fingerprint density at radius 2 is 2.18 bits per heavy atom. The second-order valence-electron chi connectivity index (χ2n) is 5.34. The molecule has 2 aromatic rings. The van der Waals surface area contributed by atoms with Gasteiger partial charge in [-0.25, -0.2) is 9.78 Å². The molecule has 0 N–H and O–H groups in total. The number of carbonyl (C=O) groups excluding carboxylic acids is 1. The number of rotatable bonds is 3. The molecule has 1 amide bonds. The Morgan fingerprint density at radius 3 is 2.95 bits per heavy atom. The number of carbonyl (C=O) groups is 1. The van der Waals surface area contributed by atoms with Crippen LogP contribution in [0.1, 0.15) is 24.5 Å². The normalized spacial score (nSPS) is 18.2. The zero-order valence-corrected chi connectivity index (χ0v) is 12.1. The maximum absolute atomic E-state index is 12.4. The van der Waals surface area contributed by atoms with E-state index in [1.54, 1.807) is 35.8 Å². The second-order valence-corrected chi connectivity index (χ2v) is 5.34. The van der Waals surface area contributed by atoms with Crippen molar-refractivity contribution in [3.8, 4) is 0 Å². The predicted molar refractivity (Wildman–Crippen MR) is 79.1 cm³/mol. The minimum atomic E-state index is -0.404. The molecule has 1 fully saturated rings. The Labute approximate surface area is 127 Å². The first kappa shape index (κ1) is 14.4. The van der Waals surface area contributed by atoms with E-state index in [4.69, 9.17) is 0 Å². The van der Waals surface area contributed by atoms with Gasteiger partial charge in [-0.3, -0.25) is 19.3 Å². The predicted octanol–water partition coefficient (Wildman–Crippen LogP) is 0.439. The van der Waals surface area contributed by atoms with Crippen LogP contribution in [-0.4, -0.2) is 43.4 Å². The van der Waals surface area contributed by atoms with Gasteiger partial charge in [0.15, 0.2) is 0 Å². The van der Waals surface area contributed by atoms with Gasteiger partial charge in [-0.2, -0.15) is 0 Å². The van der Waals surface area contributed by atoms with E-state index in [0.717, 1.165) is 18.5 Å². The lowest BCUT2D eigenvalue weighted by atomic mass is 9.95. The van der Waals surface area contributed by atoms with Crippen LogP contribution in [0.5, 0.6) is 0 Å². The van der Waals surface area contributed by atoms with E-state index < -0.39 is 5.69 Å². The van der Waals surface area contributed by atoms with Crippen LogP contribution in [0, 0.1) is 0 Å². The van der Waals surface area contributed by atoms with Gasteiger partial charge in [0.05, 0.1) is 5.69 Å². The summed E-state index contributed by atoms with van der Waals surface area (Å²) in [7, 11) is 0. The van der Waals surface area contributed by atoms with E-state index in [9.17, 15) is 9.59 Å². The average molecular weight is 299 g/mol. The van der Waals surface area contributed by atoms with Crippen molar-refractivity contribution in [1.82, 2.24) is 24.4 Å². The zero-order valence-electron chi connectivity index (χ0n) is 12.1. The Morgan fingerprint density at radius 1 is 1.27 bits per heavy atom. The van der Waals surface area contributed by atoms with E-state index in [-0.39, 0.29) is 18.4 Å². The number of hydrogen-bond donors (Lipinski definition) is 0. The standard InChI is InChI=1S/C15H17N5O2/c21-14(11-20-8-2-4-18-15(20)22)19-7-1-3-12(10-19)13-9-16-5-6-17-13/h2,4-6,8-9,12H,1,3,7,10-11H2/t12-/m1/s1. The van der Waals surface area contributed by atoms with E-state index in [0.29, 0.717) is 13.1 Å². The van der Waals surface area contributed by atoms with Gasteiger partial charge in [0.1, 0.15) is 6.54 Å². The zero-order chi connectivity index (χ0) is 15.4. The molecule has 22 heavy (non-hydrogen) atoms. The quantitative estimate of drug-likeness (QED) is 0.821. The largest absolute Gasteiger partial charge is 0.347 e. The first-order valence-electron chi connectivity index (χ1n) is 7.29. The number of hydrogen-bond acceptors (Lipinski definition) is 5. The minimum absolute atomic E-state index is 0.0276. The molecule has 0 aliphatic carbocycles. The summed E-state index contributed by atoms with van der Waals surface area (Å²) in [6.45, 7) is 1.36. The van der Waals surface area contributed by atoms with Crippen LogP contribution >= 0.6 is 0 Å². The lowest BCUT2D eigenvalue weighted by Crippen LogP contribution is -2.42. The molecular weight excluding hydrogens is 282 g/mol. The van der Waals surface area contributed by atoms with Crippen molar-refractivity contribution in [2.75, 3.05) is 13.1 Å². The van der Waals surface area contributed by atoms with Gasteiger partial charge in [0.25, 0.3) is 0 Å². The minimum Gasteiger partial charge on any atom is -0.340 e. The molecule has 0 aromatic carbocycles. The number of aromatic nitrogens is 4. The molecule has 0 bridgehead atoms. The molecule has 3 heterocycles. The summed E-state index contributed by atoms with van der Waals surface area (Å²) >= 11 is 0. The van der Waals surface area contributed by atoms with E-state index in [1.807, 2.05) is 0 Å². The molecule has 1 aliphatic heterocycles. The van der Waals surface area contributed by atoms with Crippen molar-refractivity contribution in [2.24, 2.45) is 0 Å². The first-order valence-corrected chi connectivity index (χ1v) is 7.29. The maximum Gasteiger partial charge on any atom is 0.347 e. The van der Waals surface area contributed by atoms with Gasteiger partial charge >= 0.3 is 5.69 Å². The fourth-order valence-electron chi connectivity index (χ4n) is 2.72. The topological polar surface area (TPSA) is 81.0 Å². The molecule has 1 saturated heterocycles.